The van der Waals surface area contributed by atoms with Crippen molar-refractivity contribution < 1.29 is 27.2 Å². The predicted molar refractivity (Wildman–Crippen MR) is 146 cm³/mol. The number of alkyl halides is 3. The molecule has 3 fully saturated rings. The molecule has 1 aromatic heterocycles. The number of hydrogen-bond acceptors (Lipinski definition) is 6. The Balaban J connectivity index is 1.56. The number of aromatic amines is 1. The number of quaternary nitrogens is 1. The van der Waals surface area contributed by atoms with E-state index in [2.05, 4.69) is 16.3 Å². The lowest BCUT2D eigenvalue weighted by atomic mass is 9.84. The summed E-state index contributed by atoms with van der Waals surface area (Å²) in [7, 11) is 1.22. The van der Waals surface area contributed by atoms with E-state index in [-0.39, 0.29) is 22.9 Å². The Morgan fingerprint density at radius 1 is 1.17 bits per heavy atom. The molecular formula is C30H30F3N6O3+. The van der Waals surface area contributed by atoms with Crippen molar-refractivity contribution in [1.29, 1.82) is 5.26 Å². The zero-order chi connectivity index (χ0) is 29.8. The quantitative estimate of drug-likeness (QED) is 0.345. The lowest BCUT2D eigenvalue weighted by Gasteiger charge is -2.49. The number of halogens is 3. The van der Waals surface area contributed by atoms with Crippen LogP contribution in [0.3, 0.4) is 0 Å². The van der Waals surface area contributed by atoms with E-state index in [1.165, 1.54) is 28.7 Å². The molecule has 12 heteroatoms. The van der Waals surface area contributed by atoms with Crippen molar-refractivity contribution in [2.24, 2.45) is 5.92 Å². The Hall–Kier alpha value is -4.37. The number of fused-ring (bicyclic) bond motifs is 4. The van der Waals surface area contributed by atoms with E-state index < -0.39 is 29.4 Å². The summed E-state index contributed by atoms with van der Waals surface area (Å²) in [6.45, 7) is 5.28. The van der Waals surface area contributed by atoms with E-state index in [1.807, 2.05) is 6.07 Å². The van der Waals surface area contributed by atoms with Crippen LogP contribution in [-0.2, 0) is 22.3 Å². The van der Waals surface area contributed by atoms with Crippen molar-refractivity contribution in [2.75, 3.05) is 31.6 Å². The van der Waals surface area contributed by atoms with Crippen LogP contribution in [0.5, 0.6) is 0 Å². The number of piperidine rings is 3. The topological polar surface area (TPSA) is 104 Å². The van der Waals surface area contributed by atoms with Crippen LogP contribution in [0, 0.1) is 17.2 Å². The molecule has 218 valence electrons. The second kappa shape index (κ2) is 10.2. The molecule has 0 radical (unpaired) electrons. The van der Waals surface area contributed by atoms with Crippen LogP contribution < -0.4 is 10.6 Å². The smallest absolute Gasteiger partial charge is 0.416 e. The predicted octanol–water partition coefficient (Wildman–Crippen LogP) is 4.78. The average molecular weight is 580 g/mol. The van der Waals surface area contributed by atoms with Crippen molar-refractivity contribution in [1.82, 2.24) is 14.8 Å². The molecule has 4 aliphatic heterocycles. The number of esters is 1. The number of benzene rings is 2. The highest BCUT2D eigenvalue weighted by molar-refractivity contribution is 5.93. The van der Waals surface area contributed by atoms with Gasteiger partial charge in [-0.15, -0.1) is 5.10 Å². The van der Waals surface area contributed by atoms with E-state index in [4.69, 9.17) is 4.74 Å². The molecule has 1 atom stereocenters. The van der Waals surface area contributed by atoms with E-state index in [1.54, 1.807) is 19.1 Å². The number of aromatic nitrogens is 3. The summed E-state index contributed by atoms with van der Waals surface area (Å²) < 4.78 is 48.2. The Morgan fingerprint density at radius 3 is 2.52 bits per heavy atom. The summed E-state index contributed by atoms with van der Waals surface area (Å²) >= 11 is 0. The molecule has 7 rings (SSSR count). The molecule has 0 aliphatic carbocycles. The van der Waals surface area contributed by atoms with Gasteiger partial charge in [0, 0.05) is 16.9 Å². The van der Waals surface area contributed by atoms with Gasteiger partial charge >= 0.3 is 17.8 Å². The normalized spacial score (nSPS) is 23.5. The molecule has 0 amide bonds. The van der Waals surface area contributed by atoms with Gasteiger partial charge in [0.05, 0.1) is 49.5 Å². The summed E-state index contributed by atoms with van der Waals surface area (Å²) in [4.78, 5) is 28.2. The Bertz CT molecular complexity index is 1680. The number of H-pyrrole nitrogens is 1. The van der Waals surface area contributed by atoms with Gasteiger partial charge in [0.2, 0.25) is 5.95 Å². The van der Waals surface area contributed by atoms with Crippen LogP contribution in [0.2, 0.25) is 0 Å². The third kappa shape index (κ3) is 4.58. The van der Waals surface area contributed by atoms with Crippen molar-refractivity contribution in [3.8, 4) is 6.07 Å². The number of anilines is 2. The summed E-state index contributed by atoms with van der Waals surface area (Å²) in [5, 5.41) is 16.4. The number of nitrogens with zero attached hydrogens (tertiary/aromatic N) is 5. The van der Waals surface area contributed by atoms with Gasteiger partial charge in [0.1, 0.15) is 12.6 Å². The van der Waals surface area contributed by atoms with Crippen LogP contribution >= 0.6 is 0 Å². The van der Waals surface area contributed by atoms with Gasteiger partial charge in [0.25, 0.3) is 0 Å². The second-order valence-corrected chi connectivity index (χ2v) is 11.4. The molecule has 3 saturated heterocycles. The number of carbonyl (C=O) groups excluding carboxylic acids is 1. The molecule has 0 unspecified atom stereocenters. The van der Waals surface area contributed by atoms with Crippen molar-refractivity contribution in [3.05, 3.63) is 86.5 Å². The fraction of sp³-hybridized carbons (Fsp3) is 0.400. The van der Waals surface area contributed by atoms with Gasteiger partial charge in [-0.3, -0.25) is 4.90 Å². The maximum absolute atomic E-state index is 13.6. The third-order valence-corrected chi connectivity index (χ3v) is 9.09. The number of allylic oxidation sites excluding steroid dienone is 1. The van der Waals surface area contributed by atoms with Gasteiger partial charge in [-0.25, -0.2) is 19.3 Å². The second-order valence-electron chi connectivity index (χ2n) is 11.4. The number of methoxy groups -OCH3 is 1. The average Bonchev–Trinajstić information content (AvgIpc) is 3.37. The van der Waals surface area contributed by atoms with E-state index in [0.29, 0.717) is 17.7 Å². The van der Waals surface area contributed by atoms with Crippen molar-refractivity contribution in [2.45, 2.75) is 44.9 Å². The fourth-order valence-corrected chi connectivity index (χ4v) is 6.89. The first-order chi connectivity index (χ1) is 20.0. The summed E-state index contributed by atoms with van der Waals surface area (Å²) in [6.07, 6.45) is -1.18. The Kier molecular flexibility index (Phi) is 6.73. The molecule has 4 aliphatic rings. The first-order valence-electron chi connectivity index (χ1n) is 13.9. The fourth-order valence-electron chi connectivity index (χ4n) is 6.89. The molecule has 0 saturated carbocycles. The molecule has 9 nitrogen and oxygen atoms in total. The molecule has 2 aromatic carbocycles. The highest BCUT2D eigenvalue weighted by atomic mass is 19.4. The first-order valence-corrected chi connectivity index (χ1v) is 13.9. The monoisotopic (exact) mass is 579 g/mol. The number of nitrogens with one attached hydrogen (secondary N) is 1. The summed E-state index contributed by atoms with van der Waals surface area (Å²) in [5.74, 6) is 0.0589. The van der Waals surface area contributed by atoms with Gasteiger partial charge in [0.15, 0.2) is 0 Å². The van der Waals surface area contributed by atoms with Gasteiger partial charge < -0.3 is 9.22 Å². The maximum atomic E-state index is 13.6. The molecule has 5 heterocycles. The van der Waals surface area contributed by atoms with Crippen LogP contribution in [0.1, 0.15) is 54.5 Å². The van der Waals surface area contributed by atoms with Crippen LogP contribution in [0.4, 0.5) is 24.8 Å². The third-order valence-electron chi connectivity index (χ3n) is 9.09. The number of hydrogen-bond donors (Lipinski definition) is 1. The van der Waals surface area contributed by atoms with Gasteiger partial charge in [-0.2, -0.15) is 18.4 Å². The summed E-state index contributed by atoms with van der Waals surface area (Å²) in [5.41, 5.74) is 0.863. The lowest BCUT2D eigenvalue weighted by Crippen LogP contribution is -2.57. The molecular weight excluding hydrogens is 549 g/mol. The molecule has 3 aromatic rings. The SMILES string of the molecule is COC(=O)C1=C(C)N(c2cccc(C(F)(F)F)c2)c2n[nH]c(=O)n2[C@@H]1c1ccc(C#N)cc1C[N+]12CCC(CC1)CC2. The highest BCUT2D eigenvalue weighted by Crippen LogP contribution is 2.44. The molecule has 1 N–H and O–H groups in total. The zero-order valence-corrected chi connectivity index (χ0v) is 23.2. The minimum Gasteiger partial charge on any atom is -0.466 e. The standard InChI is InChI=1S/C30H29F3N6O3/c1-18-25(27(40)42-2)26(24-7-6-20(16-34)14-21(24)17-39-11-8-19(9-12-39)10-13-39)38-28(35-36-29(38)41)37(18)23-5-3-4-22(15-23)30(31,32)33/h3-7,14-15,19,26H,8-13,17H2,1-2H3/p+1/t19?,26-,39?/m1/s1. The molecule has 0 spiro atoms. The highest BCUT2D eigenvalue weighted by Gasteiger charge is 2.44. The van der Waals surface area contributed by atoms with E-state index >= 15 is 0 Å². The first kappa shape index (κ1) is 27.8. The maximum Gasteiger partial charge on any atom is 0.416 e. The van der Waals surface area contributed by atoms with Crippen molar-refractivity contribution in [3.63, 3.8) is 0 Å². The Morgan fingerprint density at radius 2 is 1.88 bits per heavy atom. The van der Waals surface area contributed by atoms with Crippen LogP contribution in [0.15, 0.2) is 58.5 Å². The summed E-state index contributed by atoms with van der Waals surface area (Å²) in [6, 6.07) is 11.1. The number of ether oxygens (including phenoxy) is 1. The van der Waals surface area contributed by atoms with Crippen molar-refractivity contribution >= 4 is 17.6 Å². The van der Waals surface area contributed by atoms with Crippen LogP contribution in [0.25, 0.3) is 0 Å². The van der Waals surface area contributed by atoms with Gasteiger partial charge in [-0.05, 0) is 68.0 Å². The van der Waals surface area contributed by atoms with Gasteiger partial charge in [-0.1, -0.05) is 12.1 Å². The van der Waals surface area contributed by atoms with E-state index in [9.17, 15) is 28.0 Å². The van der Waals surface area contributed by atoms with E-state index in [0.717, 1.165) is 67.0 Å². The number of rotatable bonds is 5. The van der Waals surface area contributed by atoms with Crippen LogP contribution in [-0.4, -0.2) is 52.0 Å². The minimum absolute atomic E-state index is 0.0376. The minimum atomic E-state index is -4.60. The molecule has 42 heavy (non-hydrogen) atoms. The number of nitriles is 1. The largest absolute Gasteiger partial charge is 0.466 e. The molecule has 2 bridgehead atoms. The Labute approximate surface area is 240 Å². The zero-order valence-electron chi connectivity index (χ0n) is 23.2. The number of carbonyl (C=O) groups is 1. The lowest BCUT2D eigenvalue weighted by molar-refractivity contribution is -0.955.